The summed E-state index contributed by atoms with van der Waals surface area (Å²) in [5, 5.41) is 0. The van der Waals surface area contributed by atoms with Gasteiger partial charge in [-0.1, -0.05) is 13.3 Å². The van der Waals surface area contributed by atoms with Crippen LogP contribution in [0.4, 0.5) is 11.4 Å². The van der Waals surface area contributed by atoms with E-state index in [0.29, 0.717) is 0 Å². The van der Waals surface area contributed by atoms with Crippen molar-refractivity contribution in [3.05, 3.63) is 17.7 Å². The first-order chi connectivity index (χ1) is 8.26. The van der Waals surface area contributed by atoms with Crippen molar-refractivity contribution in [2.24, 2.45) is 0 Å². The average Bonchev–Trinajstić information content (AvgIpc) is 2.35. The van der Waals surface area contributed by atoms with E-state index in [4.69, 9.17) is 10.5 Å². The van der Waals surface area contributed by atoms with Gasteiger partial charge < -0.3 is 15.4 Å². The second kappa shape index (κ2) is 5.30. The molecule has 1 aliphatic heterocycles. The Labute approximate surface area is 104 Å². The largest absolute Gasteiger partial charge is 0.497 e. The molecule has 0 radical (unpaired) electrons. The Morgan fingerprint density at radius 2 is 2.24 bits per heavy atom. The monoisotopic (exact) mass is 234 g/mol. The average molecular weight is 234 g/mol. The van der Waals surface area contributed by atoms with E-state index in [2.05, 4.69) is 17.9 Å². The number of aryl methyl sites for hydroxylation is 1. The van der Waals surface area contributed by atoms with Crippen molar-refractivity contribution in [2.75, 3.05) is 30.8 Å². The number of nitrogens with two attached hydrogens (primary N) is 1. The van der Waals surface area contributed by atoms with Gasteiger partial charge in [-0.15, -0.1) is 0 Å². The number of ether oxygens (including phenoxy) is 1. The molecule has 1 aliphatic rings. The number of anilines is 2. The van der Waals surface area contributed by atoms with Gasteiger partial charge in [0.05, 0.1) is 18.5 Å². The minimum Gasteiger partial charge on any atom is -0.497 e. The second-order valence-corrected chi connectivity index (χ2v) is 4.67. The van der Waals surface area contributed by atoms with Crippen LogP contribution < -0.4 is 15.4 Å². The zero-order valence-corrected chi connectivity index (χ0v) is 10.8. The quantitative estimate of drug-likeness (QED) is 0.814. The Bertz CT molecular complexity index is 390. The lowest BCUT2D eigenvalue weighted by Crippen LogP contribution is -2.31. The summed E-state index contributed by atoms with van der Waals surface area (Å²) in [5.41, 5.74) is 9.59. The number of methoxy groups -OCH3 is 1. The highest BCUT2D eigenvalue weighted by molar-refractivity contribution is 5.74. The molecule has 2 N–H and O–H groups in total. The van der Waals surface area contributed by atoms with Gasteiger partial charge in [0, 0.05) is 19.2 Å². The number of nitrogen functional groups attached to an aromatic ring is 1. The third-order valence-corrected chi connectivity index (χ3v) is 3.40. The fraction of sp³-hybridized carbons (Fsp3) is 0.571. The molecule has 2 rings (SSSR count). The molecule has 0 amide bonds. The molecule has 0 saturated heterocycles. The van der Waals surface area contributed by atoms with Crippen molar-refractivity contribution in [1.29, 1.82) is 0 Å². The highest BCUT2D eigenvalue weighted by Crippen LogP contribution is 2.36. The van der Waals surface area contributed by atoms with E-state index in [9.17, 15) is 0 Å². The Hall–Kier alpha value is -1.38. The molecule has 1 aromatic rings. The number of benzene rings is 1. The molecule has 0 saturated carbocycles. The fourth-order valence-corrected chi connectivity index (χ4v) is 2.53. The van der Waals surface area contributed by atoms with Crippen LogP contribution >= 0.6 is 0 Å². The highest BCUT2D eigenvalue weighted by Gasteiger charge is 2.19. The van der Waals surface area contributed by atoms with Crippen LogP contribution in [0.1, 0.15) is 31.7 Å². The van der Waals surface area contributed by atoms with E-state index in [1.165, 1.54) is 30.5 Å². The van der Waals surface area contributed by atoms with E-state index in [-0.39, 0.29) is 0 Å². The first kappa shape index (κ1) is 12.1. The fourth-order valence-electron chi connectivity index (χ4n) is 2.53. The van der Waals surface area contributed by atoms with Gasteiger partial charge >= 0.3 is 0 Å². The lowest BCUT2D eigenvalue weighted by molar-refractivity contribution is 0.414. The van der Waals surface area contributed by atoms with Crippen molar-refractivity contribution in [1.82, 2.24) is 0 Å². The van der Waals surface area contributed by atoms with Crippen molar-refractivity contribution in [3.63, 3.8) is 0 Å². The van der Waals surface area contributed by atoms with Gasteiger partial charge in [0.15, 0.2) is 0 Å². The number of rotatable bonds is 4. The number of fused-ring (bicyclic) bond motifs is 1. The smallest absolute Gasteiger partial charge is 0.121 e. The molecule has 3 heteroatoms. The Morgan fingerprint density at radius 3 is 2.94 bits per heavy atom. The van der Waals surface area contributed by atoms with Crippen LogP contribution in [0.2, 0.25) is 0 Å². The van der Waals surface area contributed by atoms with E-state index >= 15 is 0 Å². The molecule has 0 aliphatic carbocycles. The molecule has 17 heavy (non-hydrogen) atoms. The first-order valence-corrected chi connectivity index (χ1v) is 6.47. The van der Waals surface area contributed by atoms with Crippen molar-refractivity contribution >= 4 is 11.4 Å². The van der Waals surface area contributed by atoms with Crippen molar-refractivity contribution < 1.29 is 4.74 Å². The zero-order chi connectivity index (χ0) is 12.3. The van der Waals surface area contributed by atoms with E-state index in [1.54, 1.807) is 7.11 Å². The maximum Gasteiger partial charge on any atom is 0.121 e. The maximum atomic E-state index is 6.16. The third kappa shape index (κ3) is 2.48. The van der Waals surface area contributed by atoms with Gasteiger partial charge in [0.2, 0.25) is 0 Å². The molecule has 0 fully saturated rings. The minimum absolute atomic E-state index is 0.857. The van der Waals surface area contributed by atoms with Crippen LogP contribution in [0.3, 0.4) is 0 Å². The van der Waals surface area contributed by atoms with Gasteiger partial charge in [-0.05, 0) is 30.9 Å². The third-order valence-electron chi connectivity index (χ3n) is 3.40. The van der Waals surface area contributed by atoms with Crippen LogP contribution in [0.15, 0.2) is 12.1 Å². The number of nitrogens with zero attached hydrogens (tertiary/aromatic N) is 1. The predicted octanol–water partition coefficient (Wildman–Crippen LogP) is 2.83. The van der Waals surface area contributed by atoms with Crippen LogP contribution in [0, 0.1) is 0 Å². The molecule has 0 aromatic heterocycles. The van der Waals surface area contributed by atoms with Gasteiger partial charge in [-0.25, -0.2) is 0 Å². The van der Waals surface area contributed by atoms with Crippen molar-refractivity contribution in [3.8, 4) is 5.75 Å². The first-order valence-electron chi connectivity index (χ1n) is 6.47. The SMILES string of the molecule is CCCCN1CCCc2cc(OC)cc(N)c21. The van der Waals surface area contributed by atoms with Crippen LogP contribution in [-0.2, 0) is 6.42 Å². The summed E-state index contributed by atoms with van der Waals surface area (Å²) in [5.74, 6) is 0.874. The highest BCUT2D eigenvalue weighted by atomic mass is 16.5. The zero-order valence-electron chi connectivity index (χ0n) is 10.8. The molecule has 0 atom stereocenters. The topological polar surface area (TPSA) is 38.5 Å². The van der Waals surface area contributed by atoms with E-state index in [0.717, 1.165) is 30.9 Å². The van der Waals surface area contributed by atoms with E-state index in [1.807, 2.05) is 6.07 Å². The molecular weight excluding hydrogens is 212 g/mol. The lowest BCUT2D eigenvalue weighted by Gasteiger charge is -2.32. The van der Waals surface area contributed by atoms with Gasteiger partial charge in [0.25, 0.3) is 0 Å². The molecular formula is C14H22N2O. The standard InChI is InChI=1S/C14H22N2O/c1-3-4-7-16-8-5-6-11-9-12(17-2)10-13(15)14(11)16/h9-10H,3-8,15H2,1-2H3. The number of hydrogen-bond acceptors (Lipinski definition) is 3. The summed E-state index contributed by atoms with van der Waals surface area (Å²) in [6, 6.07) is 4.06. The summed E-state index contributed by atoms with van der Waals surface area (Å²) in [4.78, 5) is 2.43. The van der Waals surface area contributed by atoms with Crippen LogP contribution in [-0.4, -0.2) is 20.2 Å². The summed E-state index contributed by atoms with van der Waals surface area (Å²) in [6.45, 7) is 4.46. The second-order valence-electron chi connectivity index (χ2n) is 4.67. The number of unbranched alkanes of at least 4 members (excludes halogenated alkanes) is 1. The summed E-state index contributed by atoms with van der Waals surface area (Å²) >= 11 is 0. The van der Waals surface area contributed by atoms with Crippen molar-refractivity contribution in [2.45, 2.75) is 32.6 Å². The molecule has 94 valence electrons. The number of hydrogen-bond donors (Lipinski definition) is 1. The maximum absolute atomic E-state index is 6.16. The summed E-state index contributed by atoms with van der Waals surface area (Å²) in [7, 11) is 1.69. The molecule has 0 spiro atoms. The lowest BCUT2D eigenvalue weighted by atomic mass is 9.99. The Kier molecular flexibility index (Phi) is 3.77. The molecule has 1 aromatic carbocycles. The normalized spacial score (nSPS) is 14.6. The Balaban J connectivity index is 2.30. The molecule has 3 nitrogen and oxygen atoms in total. The predicted molar refractivity (Wildman–Crippen MR) is 72.8 cm³/mol. The molecule has 1 heterocycles. The van der Waals surface area contributed by atoms with Gasteiger partial charge in [0.1, 0.15) is 5.75 Å². The van der Waals surface area contributed by atoms with Crippen LogP contribution in [0.5, 0.6) is 5.75 Å². The summed E-state index contributed by atoms with van der Waals surface area (Å²) in [6.07, 6.45) is 4.77. The van der Waals surface area contributed by atoms with E-state index < -0.39 is 0 Å². The van der Waals surface area contributed by atoms with Crippen LogP contribution in [0.25, 0.3) is 0 Å². The minimum atomic E-state index is 0.857. The molecule has 0 bridgehead atoms. The summed E-state index contributed by atoms with van der Waals surface area (Å²) < 4.78 is 5.28. The Morgan fingerprint density at radius 1 is 1.41 bits per heavy atom. The van der Waals surface area contributed by atoms with Gasteiger partial charge in [-0.2, -0.15) is 0 Å². The van der Waals surface area contributed by atoms with Gasteiger partial charge in [-0.3, -0.25) is 0 Å². The molecule has 0 unspecified atom stereocenters.